The van der Waals surface area contributed by atoms with Crippen molar-refractivity contribution in [2.45, 2.75) is 40.0 Å². The van der Waals surface area contributed by atoms with Gasteiger partial charge in [-0.05, 0) is 54.1 Å². The number of hydrogen-bond acceptors (Lipinski definition) is 10. The zero-order chi connectivity index (χ0) is 28.5. The van der Waals surface area contributed by atoms with Crippen molar-refractivity contribution in [1.29, 1.82) is 0 Å². The number of carbonyl (C=O) groups is 6. The molecule has 0 rings (SSSR count). The van der Waals surface area contributed by atoms with Gasteiger partial charge in [-0.2, -0.15) is 0 Å². The van der Waals surface area contributed by atoms with Crippen molar-refractivity contribution in [2.75, 3.05) is 30.5 Å². The largest absolute Gasteiger partial charge is 0.459 e. The van der Waals surface area contributed by atoms with Crippen molar-refractivity contribution in [3.05, 3.63) is 0 Å². The smallest absolute Gasteiger partial charge is 0.396 e. The fourth-order valence-electron chi connectivity index (χ4n) is 0.517. The van der Waals surface area contributed by atoms with E-state index in [-0.39, 0.29) is 30.0 Å². The van der Waals surface area contributed by atoms with Gasteiger partial charge in [-0.1, -0.05) is 20.8 Å². The Balaban J connectivity index is -0.0000000565. The molecule has 0 saturated heterocycles. The van der Waals surface area contributed by atoms with E-state index in [0.29, 0.717) is 19.4 Å². The lowest BCUT2D eigenvalue weighted by molar-refractivity contribution is -0.153. The predicted molar refractivity (Wildman–Crippen MR) is 140 cm³/mol. The second kappa shape index (κ2) is 46.7. The Bertz CT molecular complexity index is 498. The number of alkyl halides is 4. The van der Waals surface area contributed by atoms with Crippen LogP contribution in [-0.4, -0.2) is 69.2 Å². The molecular formula is C17H31Cl7N2O9. The molecule has 0 aliphatic heterocycles. The highest BCUT2D eigenvalue weighted by Gasteiger charge is 2.09. The van der Waals surface area contributed by atoms with Crippen molar-refractivity contribution < 1.29 is 43.3 Å². The van der Waals surface area contributed by atoms with Gasteiger partial charge in [0.2, 0.25) is 0 Å². The van der Waals surface area contributed by atoms with E-state index in [1.165, 1.54) is 0 Å². The topological polar surface area (TPSA) is 202 Å². The number of ether oxygens (including phenoxy) is 2. The standard InChI is InChI=1S/C5H7ClO3.C5H9NO3.C3H8O.C2Cl2O2.2CH2Cl2.H3N/c2*1-2-3-9-5(8)4(6)7;1-2-3-4;3-1(5)2(4)6;2*2-1-3;/h2-3H2,1H3;2-3H2,1H3,(H2,6,7);4H,2-3H2,1H3;;2*1H2;1H3. The number of aliphatic hydroxyl groups excluding tert-OH is 1. The number of primary amides is 1. The van der Waals surface area contributed by atoms with Gasteiger partial charge in [0.05, 0.1) is 23.9 Å². The molecule has 0 radical (unpaired) electrons. The molecule has 0 aromatic carbocycles. The summed E-state index contributed by atoms with van der Waals surface area (Å²) >= 11 is 32.8. The van der Waals surface area contributed by atoms with Gasteiger partial charge in [0.25, 0.3) is 0 Å². The van der Waals surface area contributed by atoms with Gasteiger partial charge in [0, 0.05) is 6.61 Å². The van der Waals surface area contributed by atoms with Crippen LogP contribution in [0.25, 0.3) is 0 Å². The fraction of sp³-hybridized carbons (Fsp3) is 0.647. The van der Waals surface area contributed by atoms with Crippen molar-refractivity contribution in [3.8, 4) is 0 Å². The molecule has 0 aromatic heterocycles. The van der Waals surface area contributed by atoms with Crippen LogP contribution in [0.5, 0.6) is 0 Å². The molecule has 0 fully saturated rings. The molecule has 18 heteroatoms. The summed E-state index contributed by atoms with van der Waals surface area (Å²) in [6.07, 6.45) is 2.26. The first-order valence-corrected chi connectivity index (χ1v) is 12.1. The zero-order valence-corrected chi connectivity index (χ0v) is 24.6. The van der Waals surface area contributed by atoms with Gasteiger partial charge < -0.3 is 26.5 Å². The summed E-state index contributed by atoms with van der Waals surface area (Å²) in [7, 11) is 0. The normalized spacial score (nSPS) is 7.63. The average molecular weight is 656 g/mol. The number of rotatable bonds is 7. The number of esters is 2. The third kappa shape index (κ3) is 79.1. The number of amides is 1. The lowest BCUT2D eigenvalue weighted by Crippen LogP contribution is -2.25. The molecular weight excluding hydrogens is 624 g/mol. The van der Waals surface area contributed by atoms with E-state index in [9.17, 15) is 28.8 Å². The molecule has 0 unspecified atom stereocenters. The number of aliphatic hydroxyl groups is 1. The van der Waals surface area contributed by atoms with Gasteiger partial charge in [-0.15, -0.1) is 46.4 Å². The molecule has 0 aromatic rings. The molecule has 0 bridgehead atoms. The molecule has 1 amide bonds. The molecule has 0 heterocycles. The van der Waals surface area contributed by atoms with Crippen molar-refractivity contribution in [2.24, 2.45) is 5.73 Å². The maximum absolute atomic E-state index is 10.2. The summed E-state index contributed by atoms with van der Waals surface area (Å²) in [5.41, 5.74) is 4.56. The molecule has 0 aliphatic rings. The predicted octanol–water partition coefficient (Wildman–Crippen LogP) is 4.04. The molecule has 0 atom stereocenters. The van der Waals surface area contributed by atoms with Crippen LogP contribution in [-0.2, 0) is 38.2 Å². The van der Waals surface area contributed by atoms with Crippen LogP contribution < -0.4 is 11.9 Å². The number of carbonyl (C=O) groups excluding carboxylic acids is 6. The van der Waals surface area contributed by atoms with Crippen LogP contribution in [0, 0.1) is 0 Å². The summed E-state index contributed by atoms with van der Waals surface area (Å²) < 4.78 is 8.67. The highest BCUT2D eigenvalue weighted by atomic mass is 35.5. The monoisotopic (exact) mass is 652 g/mol. The van der Waals surface area contributed by atoms with Gasteiger partial charge in [0.15, 0.2) is 0 Å². The maximum atomic E-state index is 10.2. The SMILES string of the molecule is CCCO.CCCOC(=O)C(=O)Cl.CCCOC(=O)C(N)=O.ClCCl.ClCCl.N.O=C(Cl)C(=O)Cl. The van der Waals surface area contributed by atoms with Crippen LogP contribution >= 0.6 is 81.2 Å². The van der Waals surface area contributed by atoms with Crippen molar-refractivity contribution >= 4 is 115 Å². The van der Waals surface area contributed by atoms with Crippen LogP contribution in [0.2, 0.25) is 0 Å². The molecule has 35 heavy (non-hydrogen) atoms. The van der Waals surface area contributed by atoms with Gasteiger partial charge >= 0.3 is 33.6 Å². The summed E-state index contributed by atoms with van der Waals surface area (Å²) in [6.45, 7) is 6.40. The first kappa shape index (κ1) is 51.1. The lowest BCUT2D eigenvalue weighted by Gasteiger charge is -1.96. The number of hydrogen-bond donors (Lipinski definition) is 3. The van der Waals surface area contributed by atoms with Gasteiger partial charge in [-0.3, -0.25) is 19.2 Å². The summed E-state index contributed by atoms with van der Waals surface area (Å²) in [4.78, 5) is 59.2. The van der Waals surface area contributed by atoms with Gasteiger partial charge in [-0.25, -0.2) is 9.59 Å². The molecule has 0 spiro atoms. The van der Waals surface area contributed by atoms with Crippen LogP contribution in [0.3, 0.4) is 0 Å². The van der Waals surface area contributed by atoms with E-state index in [1.54, 1.807) is 0 Å². The third-order valence-corrected chi connectivity index (χ3v) is 2.21. The Morgan fingerprint density at radius 3 is 1.06 bits per heavy atom. The molecule has 0 aliphatic carbocycles. The number of nitrogens with two attached hydrogens (primary N) is 1. The van der Waals surface area contributed by atoms with Gasteiger partial charge in [0.1, 0.15) is 0 Å². The Labute approximate surface area is 239 Å². The van der Waals surface area contributed by atoms with E-state index in [2.05, 4.69) is 38.4 Å². The van der Waals surface area contributed by atoms with E-state index in [4.69, 9.17) is 63.1 Å². The minimum Gasteiger partial charge on any atom is -0.459 e. The molecule has 0 saturated carbocycles. The average Bonchev–Trinajstić information content (AvgIpc) is 2.77. The highest BCUT2D eigenvalue weighted by Crippen LogP contribution is 1.87. The van der Waals surface area contributed by atoms with E-state index in [1.807, 2.05) is 20.8 Å². The quantitative estimate of drug-likeness (QED) is 0.155. The summed E-state index contributed by atoms with van der Waals surface area (Å²) in [5, 5.41) is 4.91. The lowest BCUT2D eigenvalue weighted by atomic mass is 10.5. The fourth-order valence-corrected chi connectivity index (χ4v) is 0.572. The summed E-state index contributed by atoms with van der Waals surface area (Å²) in [6, 6.07) is 0. The zero-order valence-electron chi connectivity index (χ0n) is 19.3. The number of halogens is 7. The van der Waals surface area contributed by atoms with E-state index < -0.39 is 33.6 Å². The van der Waals surface area contributed by atoms with Crippen molar-refractivity contribution in [3.63, 3.8) is 0 Å². The first-order chi connectivity index (χ1) is 15.7. The molecule has 212 valence electrons. The second-order valence-corrected chi connectivity index (χ2v) is 7.03. The summed E-state index contributed by atoms with van der Waals surface area (Å²) in [5.74, 6) is -2.97. The second-order valence-electron chi connectivity index (χ2n) is 4.38. The van der Waals surface area contributed by atoms with Crippen molar-refractivity contribution in [1.82, 2.24) is 6.15 Å². The molecule has 11 nitrogen and oxygen atoms in total. The minimum absolute atomic E-state index is 0. The van der Waals surface area contributed by atoms with E-state index in [0.717, 1.165) is 6.42 Å². The maximum Gasteiger partial charge on any atom is 0.396 e. The Morgan fingerprint density at radius 1 is 0.657 bits per heavy atom. The van der Waals surface area contributed by atoms with Crippen LogP contribution in [0.1, 0.15) is 40.0 Å². The minimum atomic E-state index is -1.14. The highest BCUT2D eigenvalue weighted by molar-refractivity contribution is 6.97. The first-order valence-electron chi connectivity index (χ1n) is 8.82. The Hall–Kier alpha value is -0.630. The van der Waals surface area contributed by atoms with E-state index >= 15 is 0 Å². The Morgan fingerprint density at radius 2 is 0.914 bits per heavy atom. The Kier molecular flexibility index (Phi) is 68.1. The third-order valence-electron chi connectivity index (χ3n) is 1.61. The van der Waals surface area contributed by atoms with Crippen LogP contribution in [0.15, 0.2) is 0 Å². The van der Waals surface area contributed by atoms with Crippen LogP contribution in [0.4, 0.5) is 0 Å². The molecule has 6 N–H and O–H groups in total.